The monoisotopic (exact) mass is 405 g/mol. The van der Waals surface area contributed by atoms with Gasteiger partial charge in [0.2, 0.25) is 0 Å². The Hall–Kier alpha value is -3.42. The first-order valence-corrected chi connectivity index (χ1v) is 10.5. The second-order valence-electron chi connectivity index (χ2n) is 6.62. The normalized spacial score (nSPS) is 11.5. The van der Waals surface area contributed by atoms with Crippen molar-refractivity contribution in [2.75, 3.05) is 0 Å². The van der Waals surface area contributed by atoms with E-state index in [4.69, 9.17) is 0 Å². The molecule has 0 spiro atoms. The molecule has 0 aliphatic heterocycles. The standard InChI is InChI=1S/C22H19N3O3S/c1-25-13-12-19-20(14-17(15-21(19)25)16-8-4-2-5-9-16)22(26)23-24-29(27,28)18-10-6-3-7-11-18/h2-15,24H,1H3,(H,23,26). The molecular formula is C22H19N3O3S. The third kappa shape index (κ3) is 3.78. The number of hydrogen-bond acceptors (Lipinski definition) is 3. The van der Waals surface area contributed by atoms with Crippen LogP contribution < -0.4 is 10.3 Å². The van der Waals surface area contributed by atoms with Crippen LogP contribution in [0.15, 0.2) is 90.0 Å². The number of aromatic nitrogens is 1. The molecule has 0 aliphatic carbocycles. The van der Waals surface area contributed by atoms with Crippen LogP contribution in [0.5, 0.6) is 0 Å². The summed E-state index contributed by atoms with van der Waals surface area (Å²) in [7, 11) is -1.96. The number of carbonyl (C=O) groups is 1. The molecule has 6 nitrogen and oxygen atoms in total. The van der Waals surface area contributed by atoms with E-state index in [1.54, 1.807) is 24.3 Å². The van der Waals surface area contributed by atoms with E-state index in [9.17, 15) is 13.2 Å². The number of sulfonamides is 1. The van der Waals surface area contributed by atoms with E-state index >= 15 is 0 Å². The van der Waals surface area contributed by atoms with Gasteiger partial charge in [-0.3, -0.25) is 10.2 Å². The summed E-state index contributed by atoms with van der Waals surface area (Å²) in [5.41, 5.74) is 5.43. The van der Waals surface area contributed by atoms with Crippen LogP contribution in [0, 0.1) is 0 Å². The number of hydrazine groups is 1. The van der Waals surface area contributed by atoms with Gasteiger partial charge in [0.05, 0.1) is 10.5 Å². The number of hydrogen-bond donors (Lipinski definition) is 2. The fraction of sp³-hybridized carbons (Fsp3) is 0.0455. The molecule has 1 amide bonds. The molecule has 0 fully saturated rings. The summed E-state index contributed by atoms with van der Waals surface area (Å²) in [4.78, 5) is 15.1. The van der Waals surface area contributed by atoms with Gasteiger partial charge >= 0.3 is 0 Å². The van der Waals surface area contributed by atoms with E-state index in [1.165, 1.54) is 12.1 Å². The molecule has 4 rings (SSSR count). The molecule has 0 radical (unpaired) electrons. The fourth-order valence-corrected chi connectivity index (χ4v) is 4.06. The zero-order valence-corrected chi connectivity index (χ0v) is 16.5. The number of nitrogens with zero attached hydrogens (tertiary/aromatic N) is 1. The molecule has 4 aromatic rings. The second kappa shape index (κ2) is 7.54. The second-order valence-corrected chi connectivity index (χ2v) is 8.30. The average Bonchev–Trinajstić information content (AvgIpc) is 3.13. The minimum atomic E-state index is -3.86. The van der Waals surface area contributed by atoms with Crippen molar-refractivity contribution in [3.8, 4) is 11.1 Å². The van der Waals surface area contributed by atoms with Crippen molar-refractivity contribution < 1.29 is 13.2 Å². The van der Waals surface area contributed by atoms with Gasteiger partial charge in [0, 0.05) is 24.1 Å². The summed E-state index contributed by atoms with van der Waals surface area (Å²) >= 11 is 0. The molecule has 1 aromatic heterocycles. The lowest BCUT2D eigenvalue weighted by molar-refractivity contribution is 0.0947. The van der Waals surface area contributed by atoms with E-state index in [2.05, 4.69) is 10.3 Å². The van der Waals surface area contributed by atoms with Crippen LogP contribution in [0.2, 0.25) is 0 Å². The molecule has 7 heteroatoms. The summed E-state index contributed by atoms with van der Waals surface area (Å²) < 4.78 is 26.7. The lowest BCUT2D eigenvalue weighted by atomic mass is 10.00. The molecule has 0 bridgehead atoms. The van der Waals surface area contributed by atoms with E-state index in [0.717, 1.165) is 22.0 Å². The van der Waals surface area contributed by atoms with Gasteiger partial charge in [-0.1, -0.05) is 48.5 Å². The van der Waals surface area contributed by atoms with Crippen molar-refractivity contribution in [2.24, 2.45) is 7.05 Å². The minimum Gasteiger partial charge on any atom is -0.351 e. The maximum absolute atomic E-state index is 12.9. The van der Waals surface area contributed by atoms with Gasteiger partial charge in [-0.15, -0.1) is 4.83 Å². The molecule has 0 unspecified atom stereocenters. The molecule has 2 N–H and O–H groups in total. The molecule has 3 aromatic carbocycles. The van der Waals surface area contributed by atoms with Gasteiger partial charge in [0.25, 0.3) is 15.9 Å². The highest BCUT2D eigenvalue weighted by Crippen LogP contribution is 2.28. The Bertz CT molecular complexity index is 1280. The van der Waals surface area contributed by atoms with E-state index < -0.39 is 15.9 Å². The largest absolute Gasteiger partial charge is 0.351 e. The fourth-order valence-electron chi connectivity index (χ4n) is 3.20. The summed E-state index contributed by atoms with van der Waals surface area (Å²) in [6.07, 6.45) is 1.87. The maximum atomic E-state index is 12.9. The number of aryl methyl sites for hydroxylation is 1. The van der Waals surface area contributed by atoms with Gasteiger partial charge in [-0.2, -0.15) is 0 Å². The number of benzene rings is 3. The third-order valence-electron chi connectivity index (χ3n) is 4.71. The summed E-state index contributed by atoms with van der Waals surface area (Å²) in [5, 5.41) is 0.739. The van der Waals surface area contributed by atoms with Gasteiger partial charge in [-0.05, 0) is 41.5 Å². The van der Waals surface area contributed by atoms with E-state index in [1.807, 2.05) is 60.3 Å². The minimum absolute atomic E-state index is 0.0724. The Morgan fingerprint density at radius 1 is 0.862 bits per heavy atom. The summed E-state index contributed by atoms with van der Waals surface area (Å²) in [5.74, 6) is -0.529. The number of rotatable bonds is 5. The van der Waals surface area contributed by atoms with Crippen LogP contribution in [0.3, 0.4) is 0 Å². The Balaban J connectivity index is 1.69. The molecular weight excluding hydrogens is 386 g/mol. The highest BCUT2D eigenvalue weighted by Gasteiger charge is 2.18. The van der Waals surface area contributed by atoms with Gasteiger partial charge < -0.3 is 4.57 Å². The lowest BCUT2D eigenvalue weighted by Crippen LogP contribution is -2.41. The lowest BCUT2D eigenvalue weighted by Gasteiger charge is -2.11. The van der Waals surface area contributed by atoms with Crippen molar-refractivity contribution in [1.29, 1.82) is 0 Å². The molecule has 0 aliphatic rings. The number of nitrogens with one attached hydrogen (secondary N) is 2. The summed E-state index contributed by atoms with van der Waals surface area (Å²) in [6, 6.07) is 23.2. The van der Waals surface area contributed by atoms with Crippen molar-refractivity contribution in [3.63, 3.8) is 0 Å². The van der Waals surface area contributed by atoms with Crippen molar-refractivity contribution in [3.05, 3.63) is 90.6 Å². The predicted octanol–water partition coefficient (Wildman–Crippen LogP) is 3.47. The first-order valence-electron chi connectivity index (χ1n) is 8.97. The van der Waals surface area contributed by atoms with Crippen LogP contribution in [-0.4, -0.2) is 18.9 Å². The first-order chi connectivity index (χ1) is 14.0. The Kier molecular flexibility index (Phi) is 4.92. The quantitative estimate of drug-likeness (QED) is 0.499. The van der Waals surface area contributed by atoms with Crippen LogP contribution in [0.1, 0.15) is 10.4 Å². The van der Waals surface area contributed by atoms with Gasteiger partial charge in [0.15, 0.2) is 0 Å². The van der Waals surface area contributed by atoms with Crippen molar-refractivity contribution in [2.45, 2.75) is 4.90 Å². The molecule has 0 saturated heterocycles. The van der Waals surface area contributed by atoms with E-state index in [0.29, 0.717) is 5.56 Å². The molecule has 0 saturated carbocycles. The topological polar surface area (TPSA) is 80.2 Å². The Labute approximate surface area is 168 Å². The van der Waals surface area contributed by atoms with Crippen LogP contribution >= 0.6 is 0 Å². The molecule has 0 atom stereocenters. The maximum Gasteiger partial charge on any atom is 0.266 e. The number of amides is 1. The van der Waals surface area contributed by atoms with E-state index in [-0.39, 0.29) is 4.90 Å². The van der Waals surface area contributed by atoms with Crippen LogP contribution in [0.4, 0.5) is 0 Å². The highest BCUT2D eigenvalue weighted by molar-refractivity contribution is 7.89. The number of fused-ring (bicyclic) bond motifs is 1. The van der Waals surface area contributed by atoms with Crippen molar-refractivity contribution in [1.82, 2.24) is 14.8 Å². The van der Waals surface area contributed by atoms with Crippen LogP contribution in [0.25, 0.3) is 22.0 Å². The average molecular weight is 405 g/mol. The molecule has 146 valence electrons. The SMILES string of the molecule is Cn1ccc2c(C(=O)NNS(=O)(=O)c3ccccc3)cc(-c3ccccc3)cc21. The highest BCUT2D eigenvalue weighted by atomic mass is 32.2. The molecule has 1 heterocycles. The molecule has 29 heavy (non-hydrogen) atoms. The zero-order valence-electron chi connectivity index (χ0n) is 15.7. The smallest absolute Gasteiger partial charge is 0.266 e. The Morgan fingerprint density at radius 3 is 2.21 bits per heavy atom. The number of carbonyl (C=O) groups excluding carboxylic acids is 1. The predicted molar refractivity (Wildman–Crippen MR) is 113 cm³/mol. The van der Waals surface area contributed by atoms with Crippen molar-refractivity contribution >= 4 is 26.8 Å². The zero-order chi connectivity index (χ0) is 20.4. The Morgan fingerprint density at radius 2 is 1.52 bits per heavy atom. The first kappa shape index (κ1) is 18.9. The van der Waals surface area contributed by atoms with Crippen LogP contribution in [-0.2, 0) is 17.1 Å². The third-order valence-corrected chi connectivity index (χ3v) is 5.97. The van der Waals surface area contributed by atoms with Gasteiger partial charge in [-0.25, -0.2) is 8.42 Å². The van der Waals surface area contributed by atoms with Gasteiger partial charge in [0.1, 0.15) is 0 Å². The summed E-state index contributed by atoms with van der Waals surface area (Å²) in [6.45, 7) is 0.